The zero-order valence-corrected chi connectivity index (χ0v) is 11.7. The lowest BCUT2D eigenvalue weighted by Gasteiger charge is -2.10. The van der Waals surface area contributed by atoms with E-state index in [0.29, 0.717) is 18.0 Å². The number of amides is 1. The van der Waals surface area contributed by atoms with E-state index >= 15 is 0 Å². The van der Waals surface area contributed by atoms with E-state index in [2.05, 4.69) is 10.2 Å². The zero-order chi connectivity index (χ0) is 14.1. The maximum Gasteiger partial charge on any atom is 0.257 e. The van der Waals surface area contributed by atoms with E-state index < -0.39 is 0 Å². The number of carbonyl (C=O) groups excluding carboxylic acids is 1. The molecule has 19 heavy (non-hydrogen) atoms. The van der Waals surface area contributed by atoms with Gasteiger partial charge in [-0.3, -0.25) is 4.79 Å². The number of carbonyl (C=O) groups is 1. The number of hydrogen-bond acceptors (Lipinski definition) is 4. The van der Waals surface area contributed by atoms with Crippen LogP contribution in [0.2, 0.25) is 0 Å². The largest absolute Gasteiger partial charge is 0.482 e. The summed E-state index contributed by atoms with van der Waals surface area (Å²) in [5.74, 6) is 0.429. The lowest BCUT2D eigenvalue weighted by atomic mass is 10.3. The zero-order valence-electron chi connectivity index (χ0n) is 11.7. The first kappa shape index (κ1) is 15.3. The highest BCUT2D eigenvalue weighted by Crippen LogP contribution is 2.19. The van der Waals surface area contributed by atoms with Gasteiger partial charge in [0.25, 0.3) is 5.91 Å². The number of unbranched alkanes of at least 4 members (excludes halogenated alkanes) is 1. The fourth-order valence-corrected chi connectivity index (χ4v) is 1.59. The molecule has 0 fully saturated rings. The van der Waals surface area contributed by atoms with Crippen molar-refractivity contribution in [2.24, 2.45) is 0 Å². The van der Waals surface area contributed by atoms with Gasteiger partial charge < -0.3 is 20.7 Å². The van der Waals surface area contributed by atoms with E-state index in [4.69, 9.17) is 10.5 Å². The lowest BCUT2D eigenvalue weighted by Crippen LogP contribution is -2.30. The molecule has 5 nitrogen and oxygen atoms in total. The molecule has 1 amide bonds. The maximum atomic E-state index is 11.5. The van der Waals surface area contributed by atoms with Crippen molar-refractivity contribution in [3.63, 3.8) is 0 Å². The summed E-state index contributed by atoms with van der Waals surface area (Å²) in [4.78, 5) is 13.7. The number of benzene rings is 1. The molecule has 3 N–H and O–H groups in total. The van der Waals surface area contributed by atoms with E-state index in [1.807, 2.05) is 26.2 Å². The molecule has 5 heteroatoms. The molecule has 0 saturated carbocycles. The van der Waals surface area contributed by atoms with Crippen LogP contribution in [0.25, 0.3) is 0 Å². The van der Waals surface area contributed by atoms with Crippen LogP contribution >= 0.6 is 0 Å². The van der Waals surface area contributed by atoms with E-state index in [9.17, 15) is 4.79 Å². The summed E-state index contributed by atoms with van der Waals surface area (Å²) in [6.45, 7) is 1.72. The van der Waals surface area contributed by atoms with Crippen LogP contribution in [0.5, 0.6) is 5.75 Å². The molecular weight excluding hydrogens is 242 g/mol. The van der Waals surface area contributed by atoms with Crippen LogP contribution in [-0.2, 0) is 4.79 Å². The third kappa shape index (κ3) is 6.67. The van der Waals surface area contributed by atoms with Gasteiger partial charge in [-0.25, -0.2) is 0 Å². The predicted molar refractivity (Wildman–Crippen MR) is 77.1 cm³/mol. The van der Waals surface area contributed by atoms with Crippen LogP contribution in [0, 0.1) is 0 Å². The van der Waals surface area contributed by atoms with Gasteiger partial charge in [0.2, 0.25) is 0 Å². The number of ether oxygens (including phenoxy) is 1. The topological polar surface area (TPSA) is 67.6 Å². The molecule has 0 atom stereocenters. The van der Waals surface area contributed by atoms with Crippen LogP contribution in [0.15, 0.2) is 24.3 Å². The summed E-state index contributed by atoms with van der Waals surface area (Å²) in [6.07, 6.45) is 2.04. The summed E-state index contributed by atoms with van der Waals surface area (Å²) in [5, 5.41) is 2.82. The Labute approximate surface area is 114 Å². The second-order valence-corrected chi connectivity index (χ2v) is 4.69. The van der Waals surface area contributed by atoms with Gasteiger partial charge in [-0.1, -0.05) is 12.1 Å². The number of nitrogens with two attached hydrogens (primary N) is 1. The van der Waals surface area contributed by atoms with Gasteiger partial charge in [0.1, 0.15) is 5.75 Å². The van der Waals surface area contributed by atoms with Crippen molar-refractivity contribution in [2.75, 3.05) is 39.5 Å². The molecule has 0 aliphatic carbocycles. The van der Waals surface area contributed by atoms with Crippen molar-refractivity contribution in [1.82, 2.24) is 10.2 Å². The maximum absolute atomic E-state index is 11.5. The Bertz CT molecular complexity index is 394. The lowest BCUT2D eigenvalue weighted by molar-refractivity contribution is -0.123. The molecule has 1 rings (SSSR count). The predicted octanol–water partition coefficient (Wildman–Crippen LogP) is 1.11. The molecule has 0 aliphatic rings. The van der Waals surface area contributed by atoms with Crippen LogP contribution in [0.4, 0.5) is 5.69 Å². The van der Waals surface area contributed by atoms with Crippen molar-refractivity contribution in [1.29, 1.82) is 0 Å². The third-order valence-corrected chi connectivity index (χ3v) is 2.63. The van der Waals surface area contributed by atoms with Crippen LogP contribution in [-0.4, -0.2) is 44.6 Å². The third-order valence-electron chi connectivity index (χ3n) is 2.63. The van der Waals surface area contributed by atoms with Crippen molar-refractivity contribution in [2.45, 2.75) is 12.8 Å². The molecule has 1 aromatic carbocycles. The summed E-state index contributed by atoms with van der Waals surface area (Å²) in [7, 11) is 4.08. The molecule has 0 saturated heterocycles. The highest BCUT2D eigenvalue weighted by Gasteiger charge is 2.04. The number of anilines is 1. The van der Waals surface area contributed by atoms with Gasteiger partial charge in [0.15, 0.2) is 6.61 Å². The number of nitrogens with zero attached hydrogens (tertiary/aromatic N) is 1. The molecule has 0 bridgehead atoms. The van der Waals surface area contributed by atoms with Crippen molar-refractivity contribution >= 4 is 11.6 Å². The van der Waals surface area contributed by atoms with Gasteiger partial charge in [-0.15, -0.1) is 0 Å². The van der Waals surface area contributed by atoms with Gasteiger partial charge in [-0.2, -0.15) is 0 Å². The Morgan fingerprint density at radius 3 is 2.74 bits per heavy atom. The summed E-state index contributed by atoms with van der Waals surface area (Å²) in [6, 6.07) is 7.14. The Kier molecular flexibility index (Phi) is 6.74. The van der Waals surface area contributed by atoms with Gasteiger partial charge in [0, 0.05) is 6.54 Å². The van der Waals surface area contributed by atoms with Crippen LogP contribution in [0.1, 0.15) is 12.8 Å². The average molecular weight is 265 g/mol. The van der Waals surface area contributed by atoms with Crippen LogP contribution in [0.3, 0.4) is 0 Å². The number of hydrogen-bond donors (Lipinski definition) is 2. The summed E-state index contributed by atoms with van der Waals surface area (Å²) >= 11 is 0. The number of rotatable bonds is 8. The molecule has 0 unspecified atom stereocenters. The minimum absolute atomic E-state index is 0.00188. The van der Waals surface area contributed by atoms with Gasteiger partial charge in [0.05, 0.1) is 5.69 Å². The van der Waals surface area contributed by atoms with Gasteiger partial charge >= 0.3 is 0 Å². The highest BCUT2D eigenvalue weighted by molar-refractivity contribution is 5.77. The number of para-hydroxylation sites is 2. The second-order valence-electron chi connectivity index (χ2n) is 4.69. The molecule has 0 spiro atoms. The molecule has 0 aliphatic heterocycles. The first-order chi connectivity index (χ1) is 9.09. The smallest absolute Gasteiger partial charge is 0.257 e. The Balaban J connectivity index is 2.13. The Morgan fingerprint density at radius 2 is 2.05 bits per heavy atom. The quantitative estimate of drug-likeness (QED) is 0.546. The van der Waals surface area contributed by atoms with Crippen molar-refractivity contribution < 1.29 is 9.53 Å². The Hall–Kier alpha value is -1.75. The minimum atomic E-state index is -0.117. The first-order valence-electron chi connectivity index (χ1n) is 6.48. The molecule has 106 valence electrons. The Morgan fingerprint density at radius 1 is 1.32 bits per heavy atom. The van der Waals surface area contributed by atoms with E-state index in [1.54, 1.807) is 12.1 Å². The molecular formula is C14H23N3O2. The second kappa shape index (κ2) is 8.37. The normalized spacial score (nSPS) is 10.5. The molecule has 0 radical (unpaired) electrons. The fraction of sp³-hybridized carbons (Fsp3) is 0.500. The van der Waals surface area contributed by atoms with E-state index in [-0.39, 0.29) is 12.5 Å². The average Bonchev–Trinajstić information content (AvgIpc) is 2.37. The van der Waals surface area contributed by atoms with Crippen molar-refractivity contribution in [3.8, 4) is 5.75 Å². The molecule has 1 aromatic rings. The summed E-state index contributed by atoms with van der Waals surface area (Å²) in [5.41, 5.74) is 6.26. The summed E-state index contributed by atoms with van der Waals surface area (Å²) < 4.78 is 5.35. The number of nitrogens with one attached hydrogen (secondary N) is 1. The standard InChI is InChI=1S/C14H23N3O2/c1-17(2)10-6-5-9-16-14(18)11-19-13-8-4-3-7-12(13)15/h3-4,7-8H,5-6,9-11,15H2,1-2H3,(H,16,18). The molecule has 0 aromatic heterocycles. The highest BCUT2D eigenvalue weighted by atomic mass is 16.5. The van der Waals surface area contributed by atoms with E-state index in [1.165, 1.54) is 0 Å². The first-order valence-corrected chi connectivity index (χ1v) is 6.48. The number of nitrogen functional groups attached to an aromatic ring is 1. The van der Waals surface area contributed by atoms with Crippen molar-refractivity contribution in [3.05, 3.63) is 24.3 Å². The SMILES string of the molecule is CN(C)CCCCNC(=O)COc1ccccc1N. The monoisotopic (exact) mass is 265 g/mol. The van der Waals surface area contributed by atoms with Gasteiger partial charge in [-0.05, 0) is 45.6 Å². The molecule has 0 heterocycles. The minimum Gasteiger partial charge on any atom is -0.482 e. The van der Waals surface area contributed by atoms with Crippen LogP contribution < -0.4 is 15.8 Å². The van der Waals surface area contributed by atoms with E-state index in [0.717, 1.165) is 19.4 Å². The fourth-order valence-electron chi connectivity index (χ4n) is 1.59.